The van der Waals surface area contributed by atoms with Gasteiger partial charge in [-0.25, -0.2) is 60.1 Å². The van der Waals surface area contributed by atoms with Crippen molar-refractivity contribution >= 4 is 58.0 Å². The maximum absolute atomic E-state index is 13.7. The third-order valence-corrected chi connectivity index (χ3v) is 18.0. The number of rotatable bonds is 30. The molecule has 0 atom stereocenters. The van der Waals surface area contributed by atoms with E-state index < -0.39 is 30.3 Å². The summed E-state index contributed by atoms with van der Waals surface area (Å²) in [4.78, 5) is 54.1. The van der Waals surface area contributed by atoms with E-state index in [-0.39, 0.29) is 64.3 Å². The molecule has 28 heteroatoms. The number of alkyl halides is 8. The summed E-state index contributed by atoms with van der Waals surface area (Å²) in [5.41, 5.74) is 9.66. The molecule has 0 radical (unpaired) electrons. The number of likely N-dealkylation sites (N-methyl/N-ethyl adjacent to an activating group) is 5. The van der Waals surface area contributed by atoms with E-state index in [1.54, 1.807) is 6.92 Å². The van der Waals surface area contributed by atoms with Crippen LogP contribution < -0.4 is 0 Å². The van der Waals surface area contributed by atoms with Gasteiger partial charge < -0.3 is 48.2 Å². The van der Waals surface area contributed by atoms with E-state index in [4.69, 9.17) is 23.7 Å². The molecule has 0 bridgehead atoms. The minimum Gasteiger partial charge on any atom is -0.476 e. The third kappa shape index (κ3) is 31.7. The maximum Gasteiger partial charge on any atom is 0.281 e. The zero-order valence-electron chi connectivity index (χ0n) is 63.2. The molecule has 0 aromatic rings. The van der Waals surface area contributed by atoms with Gasteiger partial charge in [0.25, 0.3) is 11.8 Å². The van der Waals surface area contributed by atoms with Gasteiger partial charge in [-0.2, -0.15) is 0 Å². The van der Waals surface area contributed by atoms with Gasteiger partial charge in [0.2, 0.25) is 41.3 Å². The Bertz CT molecular complexity index is 3160. The summed E-state index contributed by atoms with van der Waals surface area (Å²) in [6, 6.07) is 0. The van der Waals surface area contributed by atoms with Crippen LogP contribution in [0.5, 0.6) is 0 Å². The van der Waals surface area contributed by atoms with E-state index in [1.807, 2.05) is 21.0 Å². The second-order valence-electron chi connectivity index (χ2n) is 27.7. The zero-order valence-corrected chi connectivity index (χ0v) is 63.2. The molecule has 10 aliphatic rings. The van der Waals surface area contributed by atoms with E-state index >= 15 is 0 Å². The van der Waals surface area contributed by atoms with Crippen molar-refractivity contribution in [3.8, 4) is 0 Å². The highest BCUT2D eigenvalue weighted by Crippen LogP contribution is 2.28. The van der Waals surface area contributed by atoms with Gasteiger partial charge in [-0.1, -0.05) is 90.2 Å². The number of aliphatic imine (C=N–C) groups is 10. The first-order valence-corrected chi connectivity index (χ1v) is 37.3. The normalized spacial score (nSPS) is 20.1. The van der Waals surface area contributed by atoms with E-state index in [9.17, 15) is 35.1 Å². The molecule has 10 heterocycles. The highest BCUT2D eigenvalue weighted by molar-refractivity contribution is 6.48. The third-order valence-electron chi connectivity index (χ3n) is 18.0. The van der Waals surface area contributed by atoms with Gasteiger partial charge in [0.05, 0.1) is 26.4 Å². The van der Waals surface area contributed by atoms with Gasteiger partial charge in [-0.3, -0.25) is 25.0 Å². The molecule has 578 valence electrons. The Morgan fingerprint density at radius 2 is 0.641 bits per heavy atom. The van der Waals surface area contributed by atoms with Crippen LogP contribution in [0.2, 0.25) is 0 Å². The summed E-state index contributed by atoms with van der Waals surface area (Å²) < 4.78 is 134. The molecule has 0 aromatic carbocycles. The van der Waals surface area contributed by atoms with Gasteiger partial charge in [0.1, 0.15) is 61.9 Å². The summed E-state index contributed by atoms with van der Waals surface area (Å²) in [5.74, 6) is -8.10. The molecular formula is C75H117F8N15O5. The molecule has 0 amide bonds. The van der Waals surface area contributed by atoms with Crippen LogP contribution in [0.1, 0.15) is 169 Å². The summed E-state index contributed by atoms with van der Waals surface area (Å²) in [6.07, 6.45) is 22.9. The monoisotopic (exact) mass is 1460 g/mol. The Balaban J connectivity index is 0.000000202. The van der Waals surface area contributed by atoms with Crippen molar-refractivity contribution in [1.29, 1.82) is 0 Å². The highest BCUT2D eigenvalue weighted by Gasteiger charge is 2.34. The lowest BCUT2D eigenvalue weighted by molar-refractivity contribution is -0.0521. The van der Waals surface area contributed by atoms with Crippen molar-refractivity contribution in [2.75, 3.05) is 167 Å². The molecule has 0 N–H and O–H groups in total. The number of nitrogens with zero attached hydrogens (tertiary/aromatic N) is 15. The molecule has 0 spiro atoms. The molecule has 0 unspecified atom stereocenters. The Hall–Kier alpha value is -6.36. The standard InChI is InChI=1S/4C15H23F2N3O.C15H25N3O/c1-15(16,17)7-3-4-9-21-14-13(18-11-19-14)12-6-5-8-20(2)10-12;1-3-15(16,17)7-5-9-21-14-13(18-11-19-14)12-6-4-8-20(2)10-12;1-3-6-15(16,17)7-9-21-14-13(18-11-19-14)12-5-4-8-20(2)10-12;1-3-4-7-15(16,17)10-21-14-13(18-11-19-14)12-6-5-8-20(2)9-12;1-3-4-5-6-10-19-15-14(16-12-17-15)13-8-7-9-18(2)11-13/h2*6H,3-5,7-11H2,1-2H3;5H,3-4,6-11H2,1-2H3;6H,3-5,7-11H2,1-2H3;8H,3-7,9-12H2,1-2H3. The zero-order chi connectivity index (χ0) is 74.7. The highest BCUT2D eigenvalue weighted by atomic mass is 19.3. The second-order valence-corrected chi connectivity index (χ2v) is 27.7. The Morgan fingerprint density at radius 3 is 0.961 bits per heavy atom. The SMILES string of the molecule is CCC(F)(F)CCCOC1=NCN=C1C1=CCCN(C)C1.CCCC(F)(F)CCOC1=NCN=C1C1=CCCN(C)C1.CCCCC(F)(F)COC1=NCN=C1C1=CCCN(C)C1.CCCCCCOC1=NCN=C1C1=CCCN(C)C1.CN1CCC=C(C2=NCN=C2OCCCCC(C)(F)F)C1. The second kappa shape index (κ2) is 44.6. The number of hydrogen-bond donors (Lipinski definition) is 0. The average molecular weight is 1460 g/mol. The fourth-order valence-corrected chi connectivity index (χ4v) is 12.2. The van der Waals surface area contributed by atoms with Crippen molar-refractivity contribution in [2.45, 2.75) is 193 Å². The van der Waals surface area contributed by atoms with Crippen LogP contribution in [0.25, 0.3) is 0 Å². The minimum atomic E-state index is -2.80. The van der Waals surface area contributed by atoms with Crippen LogP contribution in [0, 0.1) is 0 Å². The summed E-state index contributed by atoms with van der Waals surface area (Å²) in [7, 11) is 10.4. The molecular weight excluding hydrogens is 1340 g/mol. The van der Waals surface area contributed by atoms with Crippen molar-refractivity contribution < 1.29 is 58.8 Å². The molecule has 0 fully saturated rings. The summed E-state index contributed by atoms with van der Waals surface area (Å²) in [6.45, 7) is 20.5. The lowest BCUT2D eigenvalue weighted by atomic mass is 10.1. The van der Waals surface area contributed by atoms with Gasteiger partial charge in [-0.15, -0.1) is 0 Å². The maximum atomic E-state index is 13.7. The molecule has 0 saturated carbocycles. The van der Waals surface area contributed by atoms with Crippen LogP contribution >= 0.6 is 0 Å². The molecule has 0 aromatic heterocycles. The molecule has 20 nitrogen and oxygen atoms in total. The fraction of sp³-hybridized carbons (Fsp3) is 0.733. The van der Waals surface area contributed by atoms with Crippen molar-refractivity contribution in [3.05, 3.63) is 58.2 Å². The number of hydrogen-bond acceptors (Lipinski definition) is 20. The molecule has 103 heavy (non-hydrogen) atoms. The Morgan fingerprint density at radius 1 is 0.320 bits per heavy atom. The molecule has 10 rings (SSSR count). The first-order valence-electron chi connectivity index (χ1n) is 37.3. The van der Waals surface area contributed by atoms with Crippen LogP contribution in [0.15, 0.2) is 108 Å². The van der Waals surface area contributed by atoms with Gasteiger partial charge in [0, 0.05) is 104 Å². The topological polar surface area (TPSA) is 186 Å². The van der Waals surface area contributed by atoms with E-state index in [0.29, 0.717) is 88.8 Å². The minimum absolute atomic E-state index is 0.0199. The van der Waals surface area contributed by atoms with Crippen LogP contribution in [-0.2, 0) is 23.7 Å². The van der Waals surface area contributed by atoms with Crippen LogP contribution in [0.4, 0.5) is 35.1 Å². The fourth-order valence-electron chi connectivity index (χ4n) is 12.2. The quantitative estimate of drug-likeness (QED) is 0.0495. The van der Waals surface area contributed by atoms with Crippen LogP contribution in [-0.4, -0.2) is 273 Å². The average Bonchev–Trinajstić information content (AvgIpc) is 1.77. The van der Waals surface area contributed by atoms with Crippen LogP contribution in [0.3, 0.4) is 0 Å². The lowest BCUT2D eigenvalue weighted by Gasteiger charge is -2.23. The van der Waals surface area contributed by atoms with Crippen molar-refractivity contribution in [3.63, 3.8) is 0 Å². The number of ether oxygens (including phenoxy) is 5. The Labute approximate surface area is 607 Å². The largest absolute Gasteiger partial charge is 0.476 e. The lowest BCUT2D eigenvalue weighted by Crippen LogP contribution is -2.33. The van der Waals surface area contributed by atoms with E-state index in [1.165, 1.54) is 31.8 Å². The summed E-state index contributed by atoms with van der Waals surface area (Å²) in [5, 5.41) is 0. The molecule has 0 aliphatic carbocycles. The predicted octanol–water partition coefficient (Wildman–Crippen LogP) is 14.3. The van der Waals surface area contributed by atoms with Gasteiger partial charge in [0.15, 0.2) is 6.61 Å². The first-order chi connectivity index (χ1) is 49.3. The summed E-state index contributed by atoms with van der Waals surface area (Å²) >= 11 is 0. The number of unbranched alkanes of at least 4 members (excludes halogenated alkanes) is 5. The molecule has 10 aliphatic heterocycles. The van der Waals surface area contributed by atoms with Gasteiger partial charge >= 0.3 is 0 Å². The van der Waals surface area contributed by atoms with E-state index in [0.717, 1.165) is 175 Å². The number of halogens is 8. The van der Waals surface area contributed by atoms with Crippen molar-refractivity contribution in [1.82, 2.24) is 24.5 Å². The predicted molar refractivity (Wildman–Crippen MR) is 401 cm³/mol. The first kappa shape index (κ1) is 85.6. The molecule has 0 saturated heterocycles. The van der Waals surface area contributed by atoms with E-state index in [2.05, 4.69) is 133 Å². The smallest absolute Gasteiger partial charge is 0.281 e. The van der Waals surface area contributed by atoms with Gasteiger partial charge in [-0.05, 0) is 134 Å². The van der Waals surface area contributed by atoms with Crippen molar-refractivity contribution in [2.24, 2.45) is 49.9 Å². The Kier molecular flexibility index (Phi) is 37.0.